The maximum Gasteiger partial charge on any atom is 0.0634 e. The third-order valence-electron chi connectivity index (χ3n) is 0. The molecule has 0 aromatic heterocycles. The molecule has 0 aliphatic rings. The summed E-state index contributed by atoms with van der Waals surface area (Å²) in [6, 6.07) is 0. The number of quaternary nitrogens is 2. The Bertz CT molecular complexity index is 7.61. The van der Waals surface area contributed by atoms with Gasteiger partial charge in [-0.25, -0.2) is 0 Å². The first-order valence-electron chi connectivity index (χ1n) is 1.41. The molecule has 0 fully saturated rings. The van der Waals surface area contributed by atoms with Crippen LogP contribution in [0.3, 0.4) is 0 Å². The van der Waals surface area contributed by atoms with Crippen molar-refractivity contribution < 1.29 is 11.5 Å². The summed E-state index contributed by atoms with van der Waals surface area (Å²) in [5, 5.41) is 0. The molecule has 36 valence electrons. The second-order valence-electron chi connectivity index (χ2n) is 0. The lowest BCUT2D eigenvalue weighted by molar-refractivity contribution is -0.325. The van der Waals surface area contributed by atoms with Crippen LogP contribution in [0.15, 0.2) is 0 Å². The van der Waals surface area contributed by atoms with Crippen LogP contribution in [0, 0.1) is 0 Å². The second-order valence-corrected chi connectivity index (χ2v) is 0. The number of rotatable bonds is 0. The lowest BCUT2D eigenvalue weighted by atomic mass is 11.6. The molecule has 5 heavy (non-hydrogen) atoms. The van der Waals surface area contributed by atoms with Crippen LogP contribution >= 0.6 is 0 Å². The van der Waals surface area contributed by atoms with E-state index in [0.29, 0.717) is 0 Å². The topological polar surface area (TPSA) is 55.3 Å². The van der Waals surface area contributed by atoms with Crippen molar-refractivity contribution >= 4 is 13.5 Å². The van der Waals surface area contributed by atoms with Gasteiger partial charge in [-0.3, -0.25) is 0 Å². The van der Waals surface area contributed by atoms with Gasteiger partial charge in [0.2, 0.25) is 0 Å². The van der Waals surface area contributed by atoms with E-state index < -0.39 is 0 Å². The maximum absolute atomic E-state index is 3.25. The van der Waals surface area contributed by atoms with Crippen LogP contribution in [0.4, 0.5) is 0 Å². The Balaban J connectivity index is -0.0000000133. The molecule has 3 heteroatoms. The summed E-state index contributed by atoms with van der Waals surface area (Å²) in [7, 11) is 3.50. The summed E-state index contributed by atoms with van der Waals surface area (Å²) in [5.74, 6) is 0. The van der Waals surface area contributed by atoms with Crippen molar-refractivity contribution in [3.05, 3.63) is 0 Å². The average Bonchev–Trinajstić information content (AvgIpc) is 1.50. The molecule has 0 radical (unpaired) electrons. The quantitative estimate of drug-likeness (QED) is 0.341. The molecule has 0 aromatic rings. The first-order chi connectivity index (χ1) is 2.00. The van der Waals surface area contributed by atoms with Gasteiger partial charge in [-0.15, -0.1) is 0 Å². The first kappa shape index (κ1) is 18.6. The standard InChI is InChI=1S/2CH5N.S/c2*1-2;/h2*2H2,1H3;/q;;-2/p+2. The smallest absolute Gasteiger partial charge is 0.0634 e. The van der Waals surface area contributed by atoms with Crippen LogP contribution in [-0.4, -0.2) is 14.1 Å². The van der Waals surface area contributed by atoms with Crippen LogP contribution in [0.1, 0.15) is 0 Å². The molecule has 0 heterocycles. The highest BCUT2D eigenvalue weighted by molar-refractivity contribution is 7.37. The highest BCUT2D eigenvalue weighted by Gasteiger charge is 0.876. The molecule has 0 unspecified atom stereocenters. The molecular weight excluding hydrogens is 84.1 g/mol. The zero-order chi connectivity index (χ0) is 4.00. The van der Waals surface area contributed by atoms with E-state index in [4.69, 9.17) is 0 Å². The molecule has 0 amide bonds. The van der Waals surface area contributed by atoms with E-state index in [1.807, 2.05) is 0 Å². The summed E-state index contributed by atoms with van der Waals surface area (Å²) in [5.41, 5.74) is 6.50. The third-order valence-corrected chi connectivity index (χ3v) is 0. The minimum atomic E-state index is 0. The van der Waals surface area contributed by atoms with E-state index in [-0.39, 0.29) is 13.5 Å². The molecule has 0 spiro atoms. The van der Waals surface area contributed by atoms with Gasteiger partial charge in [0.1, 0.15) is 0 Å². The van der Waals surface area contributed by atoms with Gasteiger partial charge in [-0.1, -0.05) is 0 Å². The first-order valence-corrected chi connectivity index (χ1v) is 1.41. The van der Waals surface area contributed by atoms with E-state index in [2.05, 4.69) is 11.5 Å². The maximum atomic E-state index is 3.25. The molecule has 0 aliphatic heterocycles. The Morgan fingerprint density at radius 1 is 0.800 bits per heavy atom. The van der Waals surface area contributed by atoms with Crippen LogP contribution in [0.25, 0.3) is 0 Å². The van der Waals surface area contributed by atoms with Crippen molar-refractivity contribution in [2.45, 2.75) is 0 Å². The Labute approximate surface area is 40.0 Å². The monoisotopic (exact) mass is 96.1 g/mol. The van der Waals surface area contributed by atoms with Gasteiger partial charge in [-0.2, -0.15) is 0 Å². The van der Waals surface area contributed by atoms with Crippen molar-refractivity contribution in [3.8, 4) is 0 Å². The Morgan fingerprint density at radius 2 is 0.800 bits per heavy atom. The van der Waals surface area contributed by atoms with Crippen LogP contribution in [0.2, 0.25) is 0 Å². The van der Waals surface area contributed by atoms with Gasteiger partial charge in [0.25, 0.3) is 0 Å². The number of hydrogen-bond acceptors (Lipinski definition) is 0. The van der Waals surface area contributed by atoms with E-state index in [0.717, 1.165) is 0 Å². The summed E-state index contributed by atoms with van der Waals surface area (Å²) in [6.07, 6.45) is 0. The zero-order valence-corrected chi connectivity index (χ0v) is 4.64. The highest BCUT2D eigenvalue weighted by atomic mass is 32.1. The Morgan fingerprint density at radius 3 is 0.800 bits per heavy atom. The van der Waals surface area contributed by atoms with Crippen molar-refractivity contribution in [1.29, 1.82) is 0 Å². The molecule has 0 saturated carbocycles. The Kier molecular flexibility index (Phi) is 2340. The van der Waals surface area contributed by atoms with Crippen molar-refractivity contribution in [2.24, 2.45) is 0 Å². The van der Waals surface area contributed by atoms with Crippen LogP contribution in [0.5, 0.6) is 0 Å². The summed E-state index contributed by atoms with van der Waals surface area (Å²) in [4.78, 5) is 0. The average molecular weight is 96.2 g/mol. The van der Waals surface area contributed by atoms with Gasteiger partial charge in [0.15, 0.2) is 0 Å². The third kappa shape index (κ3) is 302. The van der Waals surface area contributed by atoms with Crippen molar-refractivity contribution in [1.82, 2.24) is 0 Å². The molecule has 6 N–H and O–H groups in total. The number of hydrogen-bond donors (Lipinski definition) is 2. The SMILES string of the molecule is C[NH3+].C[NH3+].[S-2]. The minimum Gasteiger partial charge on any atom is -2.00 e. The molecule has 0 saturated heterocycles. The van der Waals surface area contributed by atoms with E-state index >= 15 is 0 Å². The fourth-order valence-corrected chi connectivity index (χ4v) is 0. The van der Waals surface area contributed by atoms with Gasteiger partial charge in [0, 0.05) is 0 Å². The normalized spacial score (nSPS) is 2.40. The predicted molar refractivity (Wildman–Crippen MR) is 25.0 cm³/mol. The molecule has 0 rings (SSSR count). The molecular formula is C2H12N2S. The predicted octanol–water partition coefficient (Wildman–Crippen LogP) is -2.29. The van der Waals surface area contributed by atoms with E-state index in [1.54, 1.807) is 14.1 Å². The van der Waals surface area contributed by atoms with Crippen LogP contribution < -0.4 is 11.5 Å². The lowest BCUT2D eigenvalue weighted by Crippen LogP contribution is -2.40. The zero-order valence-electron chi connectivity index (χ0n) is 3.82. The summed E-state index contributed by atoms with van der Waals surface area (Å²) >= 11 is 0. The fraction of sp³-hybridized carbons (Fsp3) is 1.00. The van der Waals surface area contributed by atoms with Gasteiger partial charge in [0.05, 0.1) is 14.1 Å². The van der Waals surface area contributed by atoms with Gasteiger partial charge >= 0.3 is 0 Å². The minimum absolute atomic E-state index is 0. The lowest BCUT2D eigenvalue weighted by Gasteiger charge is -2.00. The van der Waals surface area contributed by atoms with Crippen molar-refractivity contribution in [2.75, 3.05) is 14.1 Å². The largest absolute Gasteiger partial charge is 2.00 e. The van der Waals surface area contributed by atoms with E-state index in [1.165, 1.54) is 0 Å². The van der Waals surface area contributed by atoms with Crippen LogP contribution in [-0.2, 0) is 13.5 Å². The molecule has 2 nitrogen and oxygen atoms in total. The second kappa shape index (κ2) is 626. The Hall–Kier alpha value is 0.270. The fourth-order valence-electron chi connectivity index (χ4n) is 0. The molecule has 0 aromatic carbocycles. The summed E-state index contributed by atoms with van der Waals surface area (Å²) < 4.78 is 0. The summed E-state index contributed by atoms with van der Waals surface area (Å²) in [6.45, 7) is 0. The molecule has 0 aliphatic carbocycles. The highest BCUT2D eigenvalue weighted by Crippen LogP contribution is 0.253. The molecule has 0 atom stereocenters. The van der Waals surface area contributed by atoms with Crippen molar-refractivity contribution in [3.63, 3.8) is 0 Å². The molecule has 0 bridgehead atoms. The van der Waals surface area contributed by atoms with Gasteiger partial charge < -0.3 is 25.0 Å². The van der Waals surface area contributed by atoms with Gasteiger partial charge in [-0.05, 0) is 0 Å². The van der Waals surface area contributed by atoms with E-state index in [9.17, 15) is 0 Å².